The van der Waals surface area contributed by atoms with Gasteiger partial charge in [-0.05, 0) is 55.3 Å². The van der Waals surface area contributed by atoms with Crippen molar-refractivity contribution in [2.24, 2.45) is 0 Å². The number of hydrogen-bond acceptors (Lipinski definition) is 2. The van der Waals surface area contributed by atoms with E-state index >= 15 is 0 Å². The second-order valence-electron chi connectivity index (χ2n) is 5.01. The Morgan fingerprint density at radius 2 is 2.00 bits per heavy atom. The molecule has 21 heavy (non-hydrogen) atoms. The van der Waals surface area contributed by atoms with Crippen LogP contribution in [0, 0.1) is 12.7 Å². The molecule has 4 heteroatoms. The fraction of sp³-hybridized carbons (Fsp3) is 0.294. The Kier molecular flexibility index (Phi) is 5.21. The van der Waals surface area contributed by atoms with Crippen LogP contribution in [0.4, 0.5) is 4.39 Å². The average Bonchev–Trinajstić information content (AvgIpc) is 2.46. The number of nitrogens with one attached hydrogen (secondary N) is 1. The van der Waals surface area contributed by atoms with E-state index in [0.717, 1.165) is 22.4 Å². The summed E-state index contributed by atoms with van der Waals surface area (Å²) in [7, 11) is 3.57. The zero-order valence-electron chi connectivity index (χ0n) is 12.4. The van der Waals surface area contributed by atoms with E-state index in [2.05, 4.69) is 11.4 Å². The molecule has 0 radical (unpaired) electrons. The fourth-order valence-electron chi connectivity index (χ4n) is 2.41. The molecule has 0 aromatic heterocycles. The fourth-order valence-corrected chi connectivity index (χ4v) is 2.66. The van der Waals surface area contributed by atoms with Gasteiger partial charge in [0.05, 0.1) is 7.11 Å². The van der Waals surface area contributed by atoms with E-state index < -0.39 is 0 Å². The van der Waals surface area contributed by atoms with Gasteiger partial charge in [0.25, 0.3) is 0 Å². The molecular weight excluding hydrogens is 289 g/mol. The van der Waals surface area contributed by atoms with Crippen LogP contribution in [0.25, 0.3) is 0 Å². The van der Waals surface area contributed by atoms with Crippen LogP contribution in [0.2, 0.25) is 5.02 Å². The van der Waals surface area contributed by atoms with E-state index in [1.165, 1.54) is 12.1 Å². The molecule has 0 amide bonds. The van der Waals surface area contributed by atoms with Crippen LogP contribution < -0.4 is 10.1 Å². The molecule has 112 valence electrons. The minimum Gasteiger partial charge on any atom is -0.496 e. The summed E-state index contributed by atoms with van der Waals surface area (Å²) in [5.41, 5.74) is 3.16. The van der Waals surface area contributed by atoms with Crippen molar-refractivity contribution in [3.05, 3.63) is 63.9 Å². The van der Waals surface area contributed by atoms with E-state index in [4.69, 9.17) is 16.3 Å². The van der Waals surface area contributed by atoms with Crippen molar-refractivity contribution in [2.45, 2.75) is 19.4 Å². The number of halogens is 2. The Bertz CT molecular complexity index is 630. The lowest BCUT2D eigenvalue weighted by Gasteiger charge is -2.19. The number of aryl methyl sites for hydroxylation is 1. The lowest BCUT2D eigenvalue weighted by molar-refractivity contribution is 0.411. The van der Waals surface area contributed by atoms with Gasteiger partial charge in [0.15, 0.2) is 0 Å². The van der Waals surface area contributed by atoms with Gasteiger partial charge in [-0.25, -0.2) is 4.39 Å². The van der Waals surface area contributed by atoms with Gasteiger partial charge in [-0.2, -0.15) is 0 Å². The van der Waals surface area contributed by atoms with Crippen LogP contribution >= 0.6 is 11.6 Å². The van der Waals surface area contributed by atoms with Crippen molar-refractivity contribution in [3.63, 3.8) is 0 Å². The van der Waals surface area contributed by atoms with E-state index in [-0.39, 0.29) is 11.9 Å². The highest BCUT2D eigenvalue weighted by molar-refractivity contribution is 6.31. The molecule has 2 nitrogen and oxygen atoms in total. The van der Waals surface area contributed by atoms with Crippen molar-refractivity contribution in [3.8, 4) is 5.75 Å². The third-order valence-corrected chi connectivity index (χ3v) is 3.96. The summed E-state index contributed by atoms with van der Waals surface area (Å²) in [5.74, 6) is 0.554. The van der Waals surface area contributed by atoms with Gasteiger partial charge in [0, 0.05) is 11.1 Å². The molecule has 0 bridgehead atoms. The quantitative estimate of drug-likeness (QED) is 0.889. The Labute approximate surface area is 129 Å². The molecule has 1 N–H and O–H groups in total. The van der Waals surface area contributed by atoms with Gasteiger partial charge in [0.2, 0.25) is 0 Å². The lowest BCUT2D eigenvalue weighted by Crippen LogP contribution is -2.19. The third kappa shape index (κ3) is 3.74. The summed E-state index contributed by atoms with van der Waals surface area (Å²) in [4.78, 5) is 0. The number of methoxy groups -OCH3 is 1. The first-order valence-corrected chi connectivity index (χ1v) is 7.18. The van der Waals surface area contributed by atoms with E-state index in [1.54, 1.807) is 13.2 Å². The molecular formula is C17H19ClFNO. The molecule has 2 aromatic rings. The normalized spacial score (nSPS) is 12.2. The van der Waals surface area contributed by atoms with Crippen LogP contribution in [-0.4, -0.2) is 14.2 Å². The number of likely N-dealkylation sites (N-methyl/N-ethyl adjacent to an activating group) is 1. The maximum Gasteiger partial charge on any atom is 0.124 e. The van der Waals surface area contributed by atoms with Crippen LogP contribution in [0.1, 0.15) is 22.7 Å². The predicted octanol–water partition coefficient (Wildman–Crippen LogP) is 4.30. The molecule has 0 saturated heterocycles. The van der Waals surface area contributed by atoms with Crippen molar-refractivity contribution in [1.82, 2.24) is 5.32 Å². The first-order valence-electron chi connectivity index (χ1n) is 6.81. The number of hydrogen-bond donors (Lipinski definition) is 1. The Morgan fingerprint density at radius 3 is 2.57 bits per heavy atom. The average molecular weight is 308 g/mol. The zero-order valence-corrected chi connectivity index (χ0v) is 13.2. The predicted molar refractivity (Wildman–Crippen MR) is 84.6 cm³/mol. The molecule has 0 aliphatic heterocycles. The maximum atomic E-state index is 13.1. The SMILES string of the molecule is CNC(Cc1ccc(F)cc1Cl)c1ccc(OC)c(C)c1. The highest BCUT2D eigenvalue weighted by Gasteiger charge is 2.14. The molecule has 0 aliphatic carbocycles. The Morgan fingerprint density at radius 1 is 1.24 bits per heavy atom. The van der Waals surface area contributed by atoms with Gasteiger partial charge in [-0.3, -0.25) is 0 Å². The topological polar surface area (TPSA) is 21.3 Å². The summed E-state index contributed by atoms with van der Waals surface area (Å²) < 4.78 is 18.4. The lowest BCUT2D eigenvalue weighted by atomic mass is 9.97. The largest absolute Gasteiger partial charge is 0.496 e. The van der Waals surface area contributed by atoms with Crippen LogP contribution in [0.3, 0.4) is 0 Å². The minimum absolute atomic E-state index is 0.109. The minimum atomic E-state index is -0.315. The van der Waals surface area contributed by atoms with Crippen LogP contribution in [0.15, 0.2) is 36.4 Å². The van der Waals surface area contributed by atoms with Crippen molar-refractivity contribution < 1.29 is 9.13 Å². The van der Waals surface area contributed by atoms with Crippen LogP contribution in [-0.2, 0) is 6.42 Å². The first kappa shape index (κ1) is 15.8. The summed E-state index contributed by atoms with van der Waals surface area (Å²) in [5, 5.41) is 3.74. The second-order valence-corrected chi connectivity index (χ2v) is 5.42. The van der Waals surface area contributed by atoms with E-state index in [0.29, 0.717) is 11.4 Å². The summed E-state index contributed by atoms with van der Waals surface area (Å²) in [6, 6.07) is 10.7. The number of ether oxygens (including phenoxy) is 1. The van der Waals surface area contributed by atoms with Gasteiger partial charge in [-0.15, -0.1) is 0 Å². The summed E-state index contributed by atoms with van der Waals surface area (Å²) in [6.45, 7) is 2.01. The highest BCUT2D eigenvalue weighted by atomic mass is 35.5. The molecule has 0 fully saturated rings. The van der Waals surface area contributed by atoms with Gasteiger partial charge in [0.1, 0.15) is 11.6 Å². The van der Waals surface area contributed by atoms with Crippen LogP contribution in [0.5, 0.6) is 5.75 Å². The monoisotopic (exact) mass is 307 g/mol. The summed E-state index contributed by atoms with van der Waals surface area (Å²) >= 11 is 6.11. The second kappa shape index (κ2) is 6.92. The Hall–Kier alpha value is -1.58. The van der Waals surface area contributed by atoms with E-state index in [1.807, 2.05) is 26.1 Å². The van der Waals surface area contributed by atoms with Gasteiger partial charge < -0.3 is 10.1 Å². The molecule has 1 atom stereocenters. The molecule has 0 aliphatic rings. The molecule has 1 unspecified atom stereocenters. The number of rotatable bonds is 5. The number of benzene rings is 2. The first-order chi connectivity index (χ1) is 10.0. The highest BCUT2D eigenvalue weighted by Crippen LogP contribution is 2.27. The Balaban J connectivity index is 2.25. The van der Waals surface area contributed by atoms with Gasteiger partial charge >= 0.3 is 0 Å². The molecule has 0 heterocycles. The molecule has 2 aromatic carbocycles. The van der Waals surface area contributed by atoms with E-state index in [9.17, 15) is 4.39 Å². The van der Waals surface area contributed by atoms with Gasteiger partial charge in [-0.1, -0.05) is 29.8 Å². The van der Waals surface area contributed by atoms with Crippen molar-refractivity contribution in [1.29, 1.82) is 0 Å². The molecule has 0 spiro atoms. The van der Waals surface area contributed by atoms with Crippen molar-refractivity contribution >= 4 is 11.6 Å². The maximum absolute atomic E-state index is 13.1. The third-order valence-electron chi connectivity index (χ3n) is 3.61. The molecule has 0 saturated carbocycles. The van der Waals surface area contributed by atoms with Crippen molar-refractivity contribution in [2.75, 3.05) is 14.2 Å². The molecule has 2 rings (SSSR count). The summed E-state index contributed by atoms with van der Waals surface area (Å²) in [6.07, 6.45) is 0.696. The standard InChI is InChI=1S/C17H19ClFNO/c1-11-8-13(5-7-17(11)21-3)16(20-2)9-12-4-6-14(19)10-15(12)18/h4-8,10,16,20H,9H2,1-3H3. The zero-order chi connectivity index (χ0) is 15.4. The smallest absolute Gasteiger partial charge is 0.124 e.